The van der Waals surface area contributed by atoms with E-state index in [0.29, 0.717) is 0 Å². The van der Waals surface area contributed by atoms with E-state index in [1.54, 1.807) is 0 Å². The molecule has 7 heavy (non-hydrogen) atoms. The monoisotopic (exact) mass is 91.1 g/mol. The van der Waals surface area contributed by atoms with E-state index in [0.717, 1.165) is 6.42 Å². The SMILES string of the molecule is [C]#CCC1=CCC1. The summed E-state index contributed by atoms with van der Waals surface area (Å²) >= 11 is 0. The highest BCUT2D eigenvalue weighted by atomic mass is 14.1. The van der Waals surface area contributed by atoms with E-state index in [2.05, 4.69) is 12.0 Å². The average molecular weight is 91.1 g/mol. The lowest BCUT2D eigenvalue weighted by molar-refractivity contribution is 0.847. The summed E-state index contributed by atoms with van der Waals surface area (Å²) in [6, 6.07) is 0. The molecule has 0 aromatic heterocycles. The largest absolute Gasteiger partial charge is 0.0847 e. The van der Waals surface area contributed by atoms with Crippen LogP contribution in [0, 0.1) is 12.3 Å². The molecule has 0 saturated heterocycles. The third kappa shape index (κ3) is 0.838. The lowest BCUT2D eigenvalue weighted by atomic mass is 9.97. The van der Waals surface area contributed by atoms with Crippen molar-refractivity contribution in [3.8, 4) is 5.92 Å². The molecule has 0 N–H and O–H groups in total. The predicted octanol–water partition coefficient (Wildman–Crippen LogP) is 1.69. The van der Waals surface area contributed by atoms with Crippen LogP contribution in [-0.4, -0.2) is 0 Å². The molecule has 0 atom stereocenters. The van der Waals surface area contributed by atoms with Crippen LogP contribution in [0.1, 0.15) is 19.3 Å². The van der Waals surface area contributed by atoms with Crippen LogP contribution in [0.4, 0.5) is 0 Å². The molecule has 0 aromatic carbocycles. The van der Waals surface area contributed by atoms with Gasteiger partial charge >= 0.3 is 0 Å². The minimum absolute atomic E-state index is 0.764. The van der Waals surface area contributed by atoms with Crippen LogP contribution in [0.5, 0.6) is 0 Å². The fourth-order valence-corrected chi connectivity index (χ4v) is 0.623. The van der Waals surface area contributed by atoms with Crippen molar-refractivity contribution in [3.63, 3.8) is 0 Å². The van der Waals surface area contributed by atoms with E-state index in [1.165, 1.54) is 18.4 Å². The quantitative estimate of drug-likeness (QED) is 0.340. The maximum absolute atomic E-state index is 6.58. The highest BCUT2D eigenvalue weighted by Gasteiger charge is 2.01. The van der Waals surface area contributed by atoms with E-state index in [4.69, 9.17) is 6.42 Å². The Hall–Kier alpha value is -0.700. The van der Waals surface area contributed by atoms with Gasteiger partial charge in [-0.3, -0.25) is 0 Å². The Bertz CT molecular complexity index is 123. The first kappa shape index (κ1) is 4.46. The summed E-state index contributed by atoms with van der Waals surface area (Å²) < 4.78 is 0. The Kier molecular flexibility index (Phi) is 1.17. The Morgan fingerprint density at radius 1 is 1.86 bits per heavy atom. The molecule has 0 aliphatic heterocycles. The van der Waals surface area contributed by atoms with Gasteiger partial charge in [0.15, 0.2) is 0 Å². The fourth-order valence-electron chi connectivity index (χ4n) is 0.623. The third-order valence-electron chi connectivity index (χ3n) is 1.21. The van der Waals surface area contributed by atoms with Crippen LogP contribution in [-0.2, 0) is 0 Å². The van der Waals surface area contributed by atoms with Gasteiger partial charge in [-0.05, 0) is 19.3 Å². The van der Waals surface area contributed by atoms with Crippen molar-refractivity contribution in [2.45, 2.75) is 19.3 Å². The average Bonchev–Trinajstić information content (AvgIpc) is 1.55. The first-order valence-corrected chi connectivity index (χ1v) is 2.51. The summed E-state index contributed by atoms with van der Waals surface area (Å²) in [6.45, 7) is 0. The van der Waals surface area contributed by atoms with Gasteiger partial charge in [0.05, 0.1) is 0 Å². The zero-order valence-corrected chi connectivity index (χ0v) is 4.20. The van der Waals surface area contributed by atoms with Gasteiger partial charge in [-0.1, -0.05) is 17.6 Å². The van der Waals surface area contributed by atoms with Gasteiger partial charge in [0.1, 0.15) is 0 Å². The van der Waals surface area contributed by atoms with Gasteiger partial charge in [-0.2, -0.15) is 0 Å². The maximum atomic E-state index is 6.58. The Morgan fingerprint density at radius 2 is 2.57 bits per heavy atom. The van der Waals surface area contributed by atoms with Crippen molar-refractivity contribution in [1.82, 2.24) is 0 Å². The van der Waals surface area contributed by atoms with Crippen molar-refractivity contribution in [2.75, 3.05) is 0 Å². The molecule has 1 aliphatic rings. The van der Waals surface area contributed by atoms with Crippen LogP contribution in [0.2, 0.25) is 0 Å². The van der Waals surface area contributed by atoms with Crippen LogP contribution in [0.25, 0.3) is 0 Å². The van der Waals surface area contributed by atoms with E-state index < -0.39 is 0 Å². The summed E-state index contributed by atoms with van der Waals surface area (Å²) in [7, 11) is 0. The molecule has 1 rings (SSSR count). The molecular weight excluding hydrogens is 84.1 g/mol. The Morgan fingerprint density at radius 3 is 2.71 bits per heavy atom. The summed E-state index contributed by atoms with van der Waals surface area (Å²) in [5.41, 5.74) is 1.38. The summed E-state index contributed by atoms with van der Waals surface area (Å²) in [4.78, 5) is 0. The zero-order chi connectivity index (χ0) is 5.11. The molecule has 35 valence electrons. The van der Waals surface area contributed by atoms with Crippen LogP contribution in [0.3, 0.4) is 0 Å². The molecule has 0 bridgehead atoms. The maximum Gasteiger partial charge on any atom is 0.0309 e. The second-order valence-electron chi connectivity index (χ2n) is 1.75. The topological polar surface area (TPSA) is 0 Å². The molecule has 0 unspecified atom stereocenters. The molecule has 1 aliphatic carbocycles. The Labute approximate surface area is 44.2 Å². The van der Waals surface area contributed by atoms with Gasteiger partial charge in [-0.15, -0.1) is 0 Å². The van der Waals surface area contributed by atoms with E-state index in [1.807, 2.05) is 0 Å². The highest BCUT2D eigenvalue weighted by Crippen LogP contribution is 2.19. The first-order chi connectivity index (χ1) is 3.43. The lowest BCUT2D eigenvalue weighted by Gasteiger charge is -2.09. The standard InChI is InChI=1S/C7H7/c1-2-4-7-5-3-6-7/h5H,3-4,6H2. The fraction of sp³-hybridized carbons (Fsp3) is 0.429. The van der Waals surface area contributed by atoms with Crippen molar-refractivity contribution >= 4 is 0 Å². The molecule has 0 saturated carbocycles. The lowest BCUT2D eigenvalue weighted by Crippen LogP contribution is -1.90. The summed E-state index contributed by atoms with van der Waals surface area (Å²) in [5.74, 6) is 2.35. The third-order valence-corrected chi connectivity index (χ3v) is 1.21. The second kappa shape index (κ2) is 1.84. The molecule has 0 nitrogen and oxygen atoms in total. The van der Waals surface area contributed by atoms with E-state index in [9.17, 15) is 0 Å². The molecule has 0 fully saturated rings. The summed E-state index contributed by atoms with van der Waals surface area (Å²) in [6.07, 6.45) is 11.9. The number of rotatable bonds is 1. The predicted molar refractivity (Wildman–Crippen MR) is 29.1 cm³/mol. The van der Waals surface area contributed by atoms with Crippen LogP contribution < -0.4 is 0 Å². The molecule has 0 spiro atoms. The van der Waals surface area contributed by atoms with Crippen LogP contribution >= 0.6 is 0 Å². The van der Waals surface area contributed by atoms with Crippen molar-refractivity contribution in [3.05, 3.63) is 18.1 Å². The van der Waals surface area contributed by atoms with Crippen molar-refractivity contribution in [2.24, 2.45) is 0 Å². The minimum Gasteiger partial charge on any atom is -0.0847 e. The number of allylic oxidation sites excluding steroid dienone is 2. The van der Waals surface area contributed by atoms with Gasteiger partial charge in [-0.25, -0.2) is 0 Å². The molecule has 0 heteroatoms. The summed E-state index contributed by atoms with van der Waals surface area (Å²) in [5, 5.41) is 0. The molecular formula is C7H7. The zero-order valence-electron chi connectivity index (χ0n) is 4.20. The number of hydrogen-bond donors (Lipinski definition) is 0. The molecule has 1 radical (unpaired) electrons. The number of hydrogen-bond acceptors (Lipinski definition) is 0. The highest BCUT2D eigenvalue weighted by molar-refractivity contribution is 5.16. The minimum atomic E-state index is 0.764. The molecule has 0 aromatic rings. The van der Waals surface area contributed by atoms with Gasteiger partial charge < -0.3 is 0 Å². The van der Waals surface area contributed by atoms with Gasteiger partial charge in [0.2, 0.25) is 0 Å². The van der Waals surface area contributed by atoms with Crippen molar-refractivity contribution in [1.29, 1.82) is 0 Å². The molecule has 0 amide bonds. The van der Waals surface area contributed by atoms with Crippen molar-refractivity contribution < 1.29 is 0 Å². The second-order valence-corrected chi connectivity index (χ2v) is 1.75. The smallest absolute Gasteiger partial charge is 0.0309 e. The van der Waals surface area contributed by atoms with Crippen LogP contribution in [0.15, 0.2) is 11.6 Å². The Balaban J connectivity index is 2.31. The normalized spacial score (nSPS) is 16.7. The van der Waals surface area contributed by atoms with Gasteiger partial charge in [0.25, 0.3) is 0 Å². The van der Waals surface area contributed by atoms with Gasteiger partial charge in [0, 0.05) is 6.42 Å². The first-order valence-electron chi connectivity index (χ1n) is 2.51. The van der Waals surface area contributed by atoms with E-state index in [-0.39, 0.29) is 0 Å². The van der Waals surface area contributed by atoms with E-state index >= 15 is 0 Å². The molecule has 0 heterocycles.